The van der Waals surface area contributed by atoms with E-state index in [9.17, 15) is 8.42 Å². The van der Waals surface area contributed by atoms with Crippen LogP contribution in [-0.2, 0) is 10.0 Å². The molecule has 0 saturated carbocycles. The van der Waals surface area contributed by atoms with Gasteiger partial charge in [0.2, 0.25) is 0 Å². The molecule has 0 unspecified atom stereocenters. The molecule has 0 aliphatic heterocycles. The maximum atomic E-state index is 11.7. The van der Waals surface area contributed by atoms with Gasteiger partial charge >= 0.3 is 0 Å². The van der Waals surface area contributed by atoms with E-state index in [1.165, 1.54) is 13.2 Å². The summed E-state index contributed by atoms with van der Waals surface area (Å²) in [7, 11) is -2.02. The van der Waals surface area contributed by atoms with Crippen LogP contribution in [0.1, 0.15) is 5.01 Å². The van der Waals surface area contributed by atoms with Gasteiger partial charge < -0.3 is 5.11 Å². The second-order valence-electron chi connectivity index (χ2n) is 2.75. The molecule has 0 aromatic carbocycles. The zero-order chi connectivity index (χ0) is 10.8. The minimum Gasteiger partial charge on any atom is -0.395 e. The summed E-state index contributed by atoms with van der Waals surface area (Å²) in [5.74, 6) is 0. The van der Waals surface area contributed by atoms with Gasteiger partial charge in [-0.1, -0.05) is 0 Å². The summed E-state index contributed by atoms with van der Waals surface area (Å²) in [6, 6.07) is 0. The molecule has 0 aliphatic rings. The van der Waals surface area contributed by atoms with Crippen molar-refractivity contribution in [1.82, 2.24) is 9.29 Å². The second kappa shape index (κ2) is 4.35. The normalized spacial score (nSPS) is 12.3. The monoisotopic (exact) mass is 236 g/mol. The zero-order valence-corrected chi connectivity index (χ0v) is 9.60. The van der Waals surface area contributed by atoms with E-state index in [1.807, 2.05) is 0 Å². The number of thiazole rings is 1. The van der Waals surface area contributed by atoms with E-state index in [2.05, 4.69) is 4.98 Å². The van der Waals surface area contributed by atoms with Crippen molar-refractivity contribution in [3.05, 3.63) is 11.2 Å². The first-order valence-corrected chi connectivity index (χ1v) is 6.23. The van der Waals surface area contributed by atoms with E-state index in [0.29, 0.717) is 5.01 Å². The van der Waals surface area contributed by atoms with E-state index >= 15 is 0 Å². The van der Waals surface area contributed by atoms with Gasteiger partial charge in [0, 0.05) is 13.6 Å². The molecule has 5 nitrogen and oxygen atoms in total. The van der Waals surface area contributed by atoms with Gasteiger partial charge in [0.05, 0.1) is 17.8 Å². The summed E-state index contributed by atoms with van der Waals surface area (Å²) < 4.78 is 24.8. The highest BCUT2D eigenvalue weighted by molar-refractivity contribution is 7.91. The Morgan fingerprint density at radius 2 is 2.29 bits per heavy atom. The summed E-state index contributed by atoms with van der Waals surface area (Å²) in [5.41, 5.74) is 0. The quantitative estimate of drug-likeness (QED) is 0.802. The predicted octanol–water partition coefficient (Wildman–Crippen LogP) is 0.0643. The fourth-order valence-corrected chi connectivity index (χ4v) is 3.36. The molecule has 0 aliphatic carbocycles. The number of aryl methyl sites for hydroxylation is 1. The molecular formula is C7H12N2O3S2. The third kappa shape index (κ3) is 2.30. The smallest absolute Gasteiger partial charge is 0.253 e. The van der Waals surface area contributed by atoms with Crippen molar-refractivity contribution in [2.24, 2.45) is 0 Å². The molecule has 0 fully saturated rings. The zero-order valence-electron chi connectivity index (χ0n) is 7.97. The van der Waals surface area contributed by atoms with Crippen LogP contribution in [0.5, 0.6) is 0 Å². The Kier molecular flexibility index (Phi) is 3.59. The molecule has 0 amide bonds. The summed E-state index contributed by atoms with van der Waals surface area (Å²) in [4.78, 5) is 3.88. The molecule has 0 spiro atoms. The van der Waals surface area contributed by atoms with Gasteiger partial charge in [-0.05, 0) is 6.92 Å². The number of sulfonamides is 1. The van der Waals surface area contributed by atoms with E-state index in [-0.39, 0.29) is 17.4 Å². The molecule has 80 valence electrons. The maximum Gasteiger partial charge on any atom is 0.253 e. The third-order valence-electron chi connectivity index (χ3n) is 1.68. The van der Waals surface area contributed by atoms with Gasteiger partial charge in [0.15, 0.2) is 4.21 Å². The predicted molar refractivity (Wildman–Crippen MR) is 53.8 cm³/mol. The van der Waals surface area contributed by atoms with Crippen molar-refractivity contribution >= 4 is 21.4 Å². The standard InChI is InChI=1S/C7H12N2O3S2/c1-6-8-5-7(13-6)14(11,12)9(2)3-4-10/h5,10H,3-4H2,1-2H3. The summed E-state index contributed by atoms with van der Waals surface area (Å²) in [6.07, 6.45) is 1.34. The minimum absolute atomic E-state index is 0.0965. The maximum absolute atomic E-state index is 11.7. The Morgan fingerprint density at radius 3 is 2.71 bits per heavy atom. The van der Waals surface area contributed by atoms with Gasteiger partial charge in [-0.3, -0.25) is 0 Å². The summed E-state index contributed by atoms with van der Waals surface area (Å²) in [6.45, 7) is 1.66. The van der Waals surface area contributed by atoms with Crippen LogP contribution < -0.4 is 0 Å². The molecule has 1 rings (SSSR count). The van der Waals surface area contributed by atoms with Crippen LogP contribution in [0.15, 0.2) is 10.4 Å². The molecule has 0 saturated heterocycles. The van der Waals surface area contributed by atoms with E-state index in [1.54, 1.807) is 6.92 Å². The second-order valence-corrected chi connectivity index (χ2v) is 6.25. The molecule has 7 heteroatoms. The number of aliphatic hydroxyl groups is 1. The van der Waals surface area contributed by atoms with E-state index < -0.39 is 10.0 Å². The van der Waals surface area contributed by atoms with Crippen molar-refractivity contribution in [1.29, 1.82) is 0 Å². The molecule has 1 aromatic heterocycles. The number of hydrogen-bond acceptors (Lipinski definition) is 5. The first-order valence-electron chi connectivity index (χ1n) is 3.98. The number of aromatic nitrogens is 1. The number of aliphatic hydroxyl groups excluding tert-OH is 1. The largest absolute Gasteiger partial charge is 0.395 e. The molecule has 14 heavy (non-hydrogen) atoms. The van der Waals surface area contributed by atoms with E-state index in [4.69, 9.17) is 5.11 Å². The molecule has 0 bridgehead atoms. The van der Waals surface area contributed by atoms with Crippen molar-refractivity contribution in [2.75, 3.05) is 20.2 Å². The molecule has 0 atom stereocenters. The Hall–Kier alpha value is -0.500. The van der Waals surface area contributed by atoms with Crippen LogP contribution in [-0.4, -0.2) is 43.0 Å². The van der Waals surface area contributed by atoms with Crippen LogP contribution in [0.25, 0.3) is 0 Å². The van der Waals surface area contributed by atoms with Crippen LogP contribution in [0.4, 0.5) is 0 Å². The molecular weight excluding hydrogens is 224 g/mol. The van der Waals surface area contributed by atoms with E-state index in [0.717, 1.165) is 15.6 Å². The Labute approximate surface area is 87.1 Å². The average molecular weight is 236 g/mol. The lowest BCUT2D eigenvalue weighted by Crippen LogP contribution is -2.29. The molecule has 1 aromatic rings. The van der Waals surface area contributed by atoms with Gasteiger partial charge in [-0.15, -0.1) is 11.3 Å². The highest BCUT2D eigenvalue weighted by Gasteiger charge is 2.22. The van der Waals surface area contributed by atoms with Crippen LogP contribution in [0.3, 0.4) is 0 Å². The first-order chi connectivity index (χ1) is 6.48. The molecule has 1 heterocycles. The highest BCUT2D eigenvalue weighted by atomic mass is 32.2. The van der Waals surface area contributed by atoms with Crippen molar-refractivity contribution in [3.63, 3.8) is 0 Å². The lowest BCUT2D eigenvalue weighted by Gasteiger charge is -2.13. The number of rotatable bonds is 4. The number of hydrogen-bond donors (Lipinski definition) is 1. The number of likely N-dealkylation sites (N-methyl/N-ethyl adjacent to an activating group) is 1. The fraction of sp³-hybridized carbons (Fsp3) is 0.571. The number of nitrogens with zero attached hydrogens (tertiary/aromatic N) is 2. The van der Waals surface area contributed by atoms with Gasteiger partial charge in [-0.2, -0.15) is 4.31 Å². The van der Waals surface area contributed by atoms with Crippen LogP contribution in [0.2, 0.25) is 0 Å². The Bertz CT molecular complexity index is 399. The highest BCUT2D eigenvalue weighted by Crippen LogP contribution is 2.20. The Morgan fingerprint density at radius 1 is 1.64 bits per heavy atom. The fourth-order valence-electron chi connectivity index (χ4n) is 0.876. The molecule has 0 radical (unpaired) electrons. The SMILES string of the molecule is Cc1ncc(S(=O)(=O)N(C)CCO)s1. The van der Waals surface area contributed by atoms with Crippen molar-refractivity contribution in [3.8, 4) is 0 Å². The third-order valence-corrected chi connectivity index (χ3v) is 4.89. The lowest BCUT2D eigenvalue weighted by atomic mass is 10.7. The van der Waals surface area contributed by atoms with Crippen molar-refractivity contribution < 1.29 is 13.5 Å². The first kappa shape index (κ1) is 11.6. The van der Waals surface area contributed by atoms with Crippen molar-refractivity contribution in [2.45, 2.75) is 11.1 Å². The topological polar surface area (TPSA) is 70.5 Å². The van der Waals surface area contributed by atoms with Crippen LogP contribution in [0, 0.1) is 6.92 Å². The summed E-state index contributed by atoms with van der Waals surface area (Å²) >= 11 is 1.13. The van der Waals surface area contributed by atoms with Gasteiger partial charge in [0.1, 0.15) is 0 Å². The Balaban J connectivity index is 2.96. The summed E-state index contributed by atoms with van der Waals surface area (Å²) in [5, 5.41) is 9.34. The average Bonchev–Trinajstić information content (AvgIpc) is 2.52. The van der Waals surface area contributed by atoms with Gasteiger partial charge in [-0.25, -0.2) is 13.4 Å². The lowest BCUT2D eigenvalue weighted by molar-refractivity contribution is 0.266. The van der Waals surface area contributed by atoms with Gasteiger partial charge in [0.25, 0.3) is 10.0 Å². The van der Waals surface area contributed by atoms with Crippen LogP contribution >= 0.6 is 11.3 Å². The molecule has 1 N–H and O–H groups in total. The minimum atomic E-state index is -3.45.